The molecule has 4 aromatic rings. The number of hydrogen-bond donors (Lipinski definition) is 1. The highest BCUT2D eigenvalue weighted by Crippen LogP contribution is 2.39. The van der Waals surface area contributed by atoms with Gasteiger partial charge in [0.25, 0.3) is 5.91 Å². The van der Waals surface area contributed by atoms with E-state index in [4.69, 9.17) is 0 Å². The Bertz CT molecular complexity index is 1420. The van der Waals surface area contributed by atoms with Crippen LogP contribution in [0.3, 0.4) is 0 Å². The summed E-state index contributed by atoms with van der Waals surface area (Å²) in [6.45, 7) is 6.18. The predicted molar refractivity (Wildman–Crippen MR) is 123 cm³/mol. The Morgan fingerprint density at radius 3 is 2.88 bits per heavy atom. The van der Waals surface area contributed by atoms with Gasteiger partial charge in [0.1, 0.15) is 11.1 Å². The summed E-state index contributed by atoms with van der Waals surface area (Å²) in [6.07, 6.45) is 4.62. The third kappa shape index (κ3) is 3.19. The average molecular weight is 446 g/mol. The molecule has 162 valence electrons. The largest absolute Gasteiger partial charge is 0.311 e. The topological polar surface area (TPSA) is 101 Å². The second-order valence-corrected chi connectivity index (χ2v) is 9.53. The molecular formula is C23H23N7OS. The Kier molecular flexibility index (Phi) is 4.82. The van der Waals surface area contributed by atoms with E-state index in [1.807, 2.05) is 31.6 Å². The first-order chi connectivity index (χ1) is 15.4. The molecule has 1 N–H and O–H groups in total. The molecule has 0 aromatic carbocycles. The van der Waals surface area contributed by atoms with Crippen LogP contribution in [0.4, 0.5) is 5.00 Å². The zero-order chi connectivity index (χ0) is 22.6. The molecule has 32 heavy (non-hydrogen) atoms. The van der Waals surface area contributed by atoms with Gasteiger partial charge < -0.3 is 5.32 Å². The van der Waals surface area contributed by atoms with E-state index in [1.165, 1.54) is 16.2 Å². The van der Waals surface area contributed by atoms with E-state index in [9.17, 15) is 10.1 Å². The van der Waals surface area contributed by atoms with Crippen molar-refractivity contribution in [3.8, 4) is 17.3 Å². The minimum absolute atomic E-state index is 0.257. The zero-order valence-electron chi connectivity index (χ0n) is 18.4. The van der Waals surface area contributed by atoms with Gasteiger partial charge in [-0.1, -0.05) is 6.92 Å². The van der Waals surface area contributed by atoms with E-state index in [1.54, 1.807) is 16.8 Å². The first-order valence-electron chi connectivity index (χ1n) is 10.6. The Labute approximate surface area is 189 Å². The van der Waals surface area contributed by atoms with Gasteiger partial charge in [0.2, 0.25) is 0 Å². The van der Waals surface area contributed by atoms with E-state index in [0.717, 1.165) is 47.5 Å². The number of anilines is 1. The highest BCUT2D eigenvalue weighted by molar-refractivity contribution is 7.16. The molecule has 0 fully saturated rings. The fourth-order valence-electron chi connectivity index (χ4n) is 4.46. The number of hydrogen-bond acceptors (Lipinski definition) is 6. The van der Waals surface area contributed by atoms with Crippen LogP contribution < -0.4 is 5.32 Å². The Morgan fingerprint density at radius 1 is 1.34 bits per heavy atom. The van der Waals surface area contributed by atoms with Gasteiger partial charge in [0, 0.05) is 35.4 Å². The van der Waals surface area contributed by atoms with Crippen molar-refractivity contribution in [3.63, 3.8) is 0 Å². The number of fused-ring (bicyclic) bond motifs is 2. The molecule has 1 atom stereocenters. The molecule has 5 rings (SSSR count). The highest BCUT2D eigenvalue weighted by Gasteiger charge is 2.26. The quantitative estimate of drug-likeness (QED) is 0.513. The number of amides is 1. The third-order valence-electron chi connectivity index (χ3n) is 6.21. The van der Waals surface area contributed by atoms with E-state index in [-0.39, 0.29) is 11.6 Å². The molecule has 4 heterocycles. The molecule has 4 aromatic heterocycles. The van der Waals surface area contributed by atoms with Crippen molar-refractivity contribution >= 4 is 27.9 Å². The third-order valence-corrected chi connectivity index (χ3v) is 7.38. The molecule has 0 aliphatic heterocycles. The normalized spacial score (nSPS) is 15.5. The van der Waals surface area contributed by atoms with Crippen LogP contribution in [0.1, 0.15) is 51.2 Å². The lowest BCUT2D eigenvalue weighted by atomic mass is 9.89. The maximum atomic E-state index is 13.1. The lowest BCUT2D eigenvalue weighted by Gasteiger charge is -2.17. The molecule has 1 amide bonds. The van der Waals surface area contributed by atoms with E-state index in [0.29, 0.717) is 22.1 Å². The molecule has 8 nitrogen and oxygen atoms in total. The van der Waals surface area contributed by atoms with Gasteiger partial charge in [-0.15, -0.1) is 11.3 Å². The molecule has 0 saturated carbocycles. The fourth-order valence-corrected chi connectivity index (χ4v) is 5.82. The number of nitrogens with one attached hydrogen (secondary N) is 1. The van der Waals surface area contributed by atoms with Gasteiger partial charge in [-0.05, 0) is 50.7 Å². The second kappa shape index (κ2) is 7.57. The summed E-state index contributed by atoms with van der Waals surface area (Å²) in [7, 11) is 1.90. The van der Waals surface area contributed by atoms with E-state index < -0.39 is 0 Å². The Balaban J connectivity index is 1.52. The zero-order valence-corrected chi connectivity index (χ0v) is 19.2. The van der Waals surface area contributed by atoms with Crippen molar-refractivity contribution in [3.05, 3.63) is 51.4 Å². The van der Waals surface area contributed by atoms with Gasteiger partial charge in [-0.3, -0.25) is 9.48 Å². The number of aryl methyl sites for hydroxylation is 2. The molecule has 0 spiro atoms. The molecule has 1 aliphatic rings. The van der Waals surface area contributed by atoms with Crippen molar-refractivity contribution in [2.75, 3.05) is 5.32 Å². The smallest absolute Gasteiger partial charge is 0.276 e. The monoisotopic (exact) mass is 445 g/mol. The molecule has 9 heteroatoms. The average Bonchev–Trinajstić information content (AvgIpc) is 3.41. The van der Waals surface area contributed by atoms with Crippen LogP contribution in [0.25, 0.3) is 16.9 Å². The summed E-state index contributed by atoms with van der Waals surface area (Å²) in [6, 6.07) is 5.84. The van der Waals surface area contributed by atoms with E-state index in [2.05, 4.69) is 33.5 Å². The minimum atomic E-state index is -0.343. The van der Waals surface area contributed by atoms with Crippen LogP contribution in [0.2, 0.25) is 0 Å². The first kappa shape index (κ1) is 20.4. The summed E-state index contributed by atoms with van der Waals surface area (Å²) in [5.74, 6) is 0.253. The van der Waals surface area contributed by atoms with Crippen LogP contribution in [0, 0.1) is 31.1 Å². The summed E-state index contributed by atoms with van der Waals surface area (Å²) >= 11 is 1.51. The first-order valence-corrected chi connectivity index (χ1v) is 11.4. The van der Waals surface area contributed by atoms with Crippen molar-refractivity contribution in [1.82, 2.24) is 24.4 Å². The molecule has 0 bridgehead atoms. The van der Waals surface area contributed by atoms with Gasteiger partial charge in [-0.25, -0.2) is 9.50 Å². The predicted octanol–water partition coefficient (Wildman–Crippen LogP) is 4.06. The van der Waals surface area contributed by atoms with Crippen molar-refractivity contribution in [1.29, 1.82) is 5.26 Å². The number of nitrogens with zero attached hydrogens (tertiary/aromatic N) is 6. The summed E-state index contributed by atoms with van der Waals surface area (Å²) in [5, 5.41) is 22.3. The molecule has 0 saturated heterocycles. The Hall–Kier alpha value is -3.51. The van der Waals surface area contributed by atoms with Gasteiger partial charge in [0.15, 0.2) is 11.3 Å². The summed E-state index contributed by atoms with van der Waals surface area (Å²) < 4.78 is 3.51. The number of rotatable bonds is 3. The molecule has 1 aliphatic carbocycles. The van der Waals surface area contributed by atoms with Crippen molar-refractivity contribution in [2.24, 2.45) is 13.0 Å². The van der Waals surface area contributed by atoms with E-state index >= 15 is 0 Å². The van der Waals surface area contributed by atoms with Crippen LogP contribution in [-0.2, 0) is 19.9 Å². The highest BCUT2D eigenvalue weighted by atomic mass is 32.1. The molecule has 0 unspecified atom stereocenters. The van der Waals surface area contributed by atoms with Crippen LogP contribution in [0.15, 0.2) is 18.3 Å². The number of nitriles is 1. The minimum Gasteiger partial charge on any atom is -0.311 e. The van der Waals surface area contributed by atoms with Crippen LogP contribution >= 0.6 is 11.3 Å². The lowest BCUT2D eigenvalue weighted by Crippen LogP contribution is -2.13. The van der Waals surface area contributed by atoms with Gasteiger partial charge in [0.05, 0.1) is 17.0 Å². The summed E-state index contributed by atoms with van der Waals surface area (Å²) in [5.41, 5.74) is 6.21. The fraction of sp³-hybridized carbons (Fsp3) is 0.348. The lowest BCUT2D eigenvalue weighted by molar-refractivity contribution is 0.102. The maximum absolute atomic E-state index is 13.1. The number of thiophene rings is 1. The maximum Gasteiger partial charge on any atom is 0.276 e. The molecular weight excluding hydrogens is 422 g/mol. The standard InChI is InChI=1S/C23H23N7OS/c1-12-5-6-15-16(11-24)23(32-19(15)9-12)26-22(31)17-10-20-25-8-7-18(30(20)28-17)21-13(2)27-29(4)14(21)3/h7-8,10,12H,5-6,9H2,1-4H3,(H,26,31)/t12-/m0/s1. The van der Waals surface area contributed by atoms with Crippen LogP contribution in [0.5, 0.6) is 0 Å². The molecule has 0 radical (unpaired) electrons. The SMILES string of the molecule is Cc1nn(C)c(C)c1-c1ccnc2cc(C(=O)Nc3sc4c(c3C#N)CC[C@H](C)C4)nn12. The summed E-state index contributed by atoms with van der Waals surface area (Å²) in [4.78, 5) is 18.7. The van der Waals surface area contributed by atoms with Crippen molar-refractivity contribution < 1.29 is 4.79 Å². The second-order valence-electron chi connectivity index (χ2n) is 8.42. The van der Waals surface area contributed by atoms with Gasteiger partial charge in [-0.2, -0.15) is 15.5 Å². The number of aromatic nitrogens is 5. The van der Waals surface area contributed by atoms with Crippen LogP contribution in [-0.4, -0.2) is 30.3 Å². The van der Waals surface area contributed by atoms with Crippen molar-refractivity contribution in [2.45, 2.75) is 40.0 Å². The number of carbonyl (C=O) groups excluding carboxylic acids is 1. The Morgan fingerprint density at radius 2 is 2.16 bits per heavy atom. The number of carbonyl (C=O) groups is 1. The van der Waals surface area contributed by atoms with Gasteiger partial charge >= 0.3 is 0 Å².